The summed E-state index contributed by atoms with van der Waals surface area (Å²) in [6, 6.07) is 9.14. The van der Waals surface area contributed by atoms with E-state index < -0.39 is 0 Å². The molecular formula is C17H17N3O3S2. The van der Waals surface area contributed by atoms with Crippen molar-refractivity contribution in [3.05, 3.63) is 35.2 Å². The smallest absolute Gasteiger partial charge is 0.265 e. The summed E-state index contributed by atoms with van der Waals surface area (Å²) >= 11 is 3.11. The van der Waals surface area contributed by atoms with Gasteiger partial charge >= 0.3 is 0 Å². The number of benzene rings is 1. The van der Waals surface area contributed by atoms with E-state index in [1.807, 2.05) is 30.3 Å². The predicted octanol–water partition coefficient (Wildman–Crippen LogP) is 3.46. The molecule has 0 aliphatic carbocycles. The molecule has 1 aliphatic heterocycles. The van der Waals surface area contributed by atoms with Crippen molar-refractivity contribution in [1.82, 2.24) is 4.98 Å². The van der Waals surface area contributed by atoms with Gasteiger partial charge in [0.2, 0.25) is 0 Å². The van der Waals surface area contributed by atoms with Crippen molar-refractivity contribution in [2.75, 3.05) is 43.6 Å². The highest BCUT2D eigenvalue weighted by Gasteiger charge is 2.18. The first-order valence-electron chi connectivity index (χ1n) is 7.91. The van der Waals surface area contributed by atoms with Gasteiger partial charge in [-0.3, -0.25) is 4.79 Å². The molecule has 4 rings (SSSR count). The number of hydrogen-bond donors (Lipinski definition) is 1. The third-order valence-corrected chi connectivity index (χ3v) is 6.28. The highest BCUT2D eigenvalue weighted by molar-refractivity contribution is 7.40. The molecule has 1 N–H and O–H groups in total. The van der Waals surface area contributed by atoms with Crippen molar-refractivity contribution in [1.29, 1.82) is 0 Å². The fourth-order valence-electron chi connectivity index (χ4n) is 2.59. The molecule has 3 aromatic rings. The van der Waals surface area contributed by atoms with E-state index in [0.29, 0.717) is 4.88 Å². The quantitative estimate of drug-likeness (QED) is 0.757. The first kappa shape index (κ1) is 16.3. The summed E-state index contributed by atoms with van der Waals surface area (Å²) in [6.45, 7) is 3.21. The predicted molar refractivity (Wildman–Crippen MR) is 101 cm³/mol. The van der Waals surface area contributed by atoms with E-state index in [2.05, 4.69) is 15.2 Å². The highest BCUT2D eigenvalue weighted by atomic mass is 32.2. The number of nitrogens with one attached hydrogen (secondary N) is 1. The molecule has 1 fully saturated rings. The molecule has 130 valence electrons. The van der Waals surface area contributed by atoms with Gasteiger partial charge in [-0.2, -0.15) is 0 Å². The summed E-state index contributed by atoms with van der Waals surface area (Å²) in [7, 11) is 1.62. The zero-order chi connectivity index (χ0) is 17.2. The van der Waals surface area contributed by atoms with Crippen molar-refractivity contribution >= 4 is 48.9 Å². The van der Waals surface area contributed by atoms with Crippen molar-refractivity contribution < 1.29 is 14.3 Å². The van der Waals surface area contributed by atoms with Crippen LogP contribution in [0, 0.1) is 0 Å². The molecule has 1 saturated heterocycles. The lowest BCUT2D eigenvalue weighted by Gasteiger charge is -2.25. The molecule has 25 heavy (non-hydrogen) atoms. The lowest BCUT2D eigenvalue weighted by Crippen LogP contribution is -2.36. The molecular weight excluding hydrogens is 358 g/mol. The minimum atomic E-state index is -0.117. The Bertz CT molecular complexity index is 851. The van der Waals surface area contributed by atoms with E-state index in [0.717, 1.165) is 52.4 Å². The molecule has 0 bridgehead atoms. The van der Waals surface area contributed by atoms with Gasteiger partial charge in [-0.25, -0.2) is 4.98 Å². The van der Waals surface area contributed by atoms with Crippen molar-refractivity contribution in [3.8, 4) is 5.75 Å². The van der Waals surface area contributed by atoms with Crippen LogP contribution in [-0.2, 0) is 4.74 Å². The Kier molecular flexibility index (Phi) is 4.56. The average Bonchev–Trinajstić information content (AvgIpc) is 3.22. The van der Waals surface area contributed by atoms with Gasteiger partial charge in [-0.1, -0.05) is 11.3 Å². The number of amides is 1. The number of anilines is 2. The van der Waals surface area contributed by atoms with E-state index in [-0.39, 0.29) is 5.91 Å². The Hall–Kier alpha value is -2.16. The number of ether oxygens (including phenoxy) is 2. The summed E-state index contributed by atoms with van der Waals surface area (Å²) in [6.07, 6.45) is 0. The Balaban J connectivity index is 1.48. The molecule has 0 unspecified atom stereocenters. The van der Waals surface area contributed by atoms with Crippen LogP contribution in [0.1, 0.15) is 9.67 Å². The third kappa shape index (κ3) is 3.46. The van der Waals surface area contributed by atoms with E-state index >= 15 is 0 Å². The lowest BCUT2D eigenvalue weighted by molar-refractivity contribution is 0.103. The molecule has 1 amide bonds. The molecule has 0 atom stereocenters. The van der Waals surface area contributed by atoms with Gasteiger partial charge in [0, 0.05) is 18.8 Å². The molecule has 1 aromatic carbocycles. The maximum Gasteiger partial charge on any atom is 0.265 e. The van der Waals surface area contributed by atoms with Crippen LogP contribution < -0.4 is 15.0 Å². The number of nitrogens with zero attached hydrogens (tertiary/aromatic N) is 2. The molecule has 0 saturated carbocycles. The van der Waals surface area contributed by atoms with Crippen molar-refractivity contribution in [2.45, 2.75) is 0 Å². The van der Waals surface area contributed by atoms with Crippen LogP contribution in [0.15, 0.2) is 30.3 Å². The number of rotatable bonds is 4. The number of carbonyl (C=O) groups is 1. The number of thiophene rings is 1. The Labute approximate surface area is 153 Å². The van der Waals surface area contributed by atoms with Gasteiger partial charge in [-0.15, -0.1) is 11.3 Å². The van der Waals surface area contributed by atoms with Gasteiger partial charge < -0.3 is 19.7 Å². The van der Waals surface area contributed by atoms with Crippen molar-refractivity contribution in [2.24, 2.45) is 0 Å². The Morgan fingerprint density at radius 1 is 1.24 bits per heavy atom. The lowest BCUT2D eigenvalue weighted by atomic mass is 10.3. The van der Waals surface area contributed by atoms with Gasteiger partial charge in [0.05, 0.1) is 30.7 Å². The first-order valence-corrected chi connectivity index (χ1v) is 9.55. The molecule has 0 spiro atoms. The molecule has 6 nitrogen and oxygen atoms in total. The van der Waals surface area contributed by atoms with Gasteiger partial charge in [-0.05, 0) is 30.3 Å². The molecule has 8 heteroatoms. The summed E-state index contributed by atoms with van der Waals surface area (Å²) in [5.41, 5.74) is 1.63. The van der Waals surface area contributed by atoms with Crippen LogP contribution in [0.2, 0.25) is 0 Å². The van der Waals surface area contributed by atoms with Crippen LogP contribution in [0.4, 0.5) is 10.8 Å². The highest BCUT2D eigenvalue weighted by Crippen LogP contribution is 2.35. The summed E-state index contributed by atoms with van der Waals surface area (Å²) in [5.74, 6) is 0.641. The van der Waals surface area contributed by atoms with E-state index in [1.54, 1.807) is 18.4 Å². The zero-order valence-corrected chi connectivity index (χ0v) is 15.3. The monoisotopic (exact) mass is 375 g/mol. The van der Waals surface area contributed by atoms with Gasteiger partial charge in [0.25, 0.3) is 5.91 Å². The van der Waals surface area contributed by atoms with E-state index in [4.69, 9.17) is 9.47 Å². The molecule has 1 aliphatic rings. The van der Waals surface area contributed by atoms with Gasteiger partial charge in [0.15, 0.2) is 5.13 Å². The van der Waals surface area contributed by atoms with E-state index in [9.17, 15) is 4.79 Å². The largest absolute Gasteiger partial charge is 0.497 e. The maximum absolute atomic E-state index is 12.4. The van der Waals surface area contributed by atoms with Crippen LogP contribution >= 0.6 is 22.7 Å². The summed E-state index contributed by atoms with van der Waals surface area (Å²) in [4.78, 5) is 20.0. The SMILES string of the molecule is COc1ccc(NC(=O)c2cc3nc(N4CCOCC4)sc3s2)cc1. The summed E-state index contributed by atoms with van der Waals surface area (Å²) < 4.78 is 11.6. The van der Waals surface area contributed by atoms with Gasteiger partial charge in [0.1, 0.15) is 9.76 Å². The van der Waals surface area contributed by atoms with Crippen molar-refractivity contribution in [3.63, 3.8) is 0 Å². The second kappa shape index (κ2) is 6.99. The fraction of sp³-hybridized carbons (Fsp3) is 0.294. The Morgan fingerprint density at radius 3 is 2.68 bits per heavy atom. The summed E-state index contributed by atoms with van der Waals surface area (Å²) in [5, 5.41) is 3.91. The second-order valence-electron chi connectivity index (χ2n) is 5.56. The number of thiazole rings is 1. The second-order valence-corrected chi connectivity index (χ2v) is 7.85. The number of methoxy groups -OCH3 is 1. The van der Waals surface area contributed by atoms with E-state index in [1.165, 1.54) is 11.3 Å². The maximum atomic E-state index is 12.4. The number of carbonyl (C=O) groups excluding carboxylic acids is 1. The number of morpholine rings is 1. The minimum absolute atomic E-state index is 0.117. The van der Waals surface area contributed by atoms with Crippen LogP contribution in [0.25, 0.3) is 9.53 Å². The fourth-order valence-corrected chi connectivity index (χ4v) is 4.81. The topological polar surface area (TPSA) is 63.7 Å². The molecule has 0 radical (unpaired) electrons. The standard InChI is InChI=1S/C17H17N3O3S2/c1-22-12-4-2-11(3-5-12)18-15(21)14-10-13-16(24-14)25-17(19-13)20-6-8-23-9-7-20/h2-5,10H,6-9H2,1H3,(H,18,21). The minimum Gasteiger partial charge on any atom is -0.497 e. The first-order chi connectivity index (χ1) is 12.2. The molecule has 3 heterocycles. The Morgan fingerprint density at radius 2 is 2.00 bits per heavy atom. The normalized spacial score (nSPS) is 14.7. The number of hydrogen-bond acceptors (Lipinski definition) is 7. The third-order valence-electron chi connectivity index (χ3n) is 3.93. The van der Waals surface area contributed by atoms with Crippen LogP contribution in [0.3, 0.4) is 0 Å². The number of fused-ring (bicyclic) bond motifs is 1. The zero-order valence-electron chi connectivity index (χ0n) is 13.7. The molecule has 2 aromatic heterocycles. The average molecular weight is 375 g/mol. The number of aromatic nitrogens is 1. The van der Waals surface area contributed by atoms with Crippen LogP contribution in [-0.4, -0.2) is 44.3 Å². The van der Waals surface area contributed by atoms with Crippen LogP contribution in [0.5, 0.6) is 5.75 Å².